The van der Waals surface area contributed by atoms with Crippen LogP contribution in [0.5, 0.6) is 0 Å². The lowest BCUT2D eigenvalue weighted by atomic mass is 10.0. The molecule has 1 aromatic heterocycles. The van der Waals surface area contributed by atoms with Crippen molar-refractivity contribution in [1.82, 2.24) is 15.2 Å². The number of carbonyl (C=O) groups excluding carboxylic acids is 3. The van der Waals surface area contributed by atoms with Crippen LogP contribution in [0.2, 0.25) is 0 Å². The molecule has 0 radical (unpaired) electrons. The van der Waals surface area contributed by atoms with Gasteiger partial charge in [-0.15, -0.1) is 0 Å². The number of para-hydroxylation sites is 1. The maximum Gasteiger partial charge on any atom is 0.416 e. The Balaban J connectivity index is 1.77. The summed E-state index contributed by atoms with van der Waals surface area (Å²) in [7, 11) is 0. The van der Waals surface area contributed by atoms with Crippen molar-refractivity contribution in [3.8, 4) is 0 Å². The van der Waals surface area contributed by atoms with Crippen LogP contribution in [0.3, 0.4) is 0 Å². The van der Waals surface area contributed by atoms with Gasteiger partial charge in [-0.1, -0.05) is 37.3 Å². The summed E-state index contributed by atoms with van der Waals surface area (Å²) in [5.41, 5.74) is 6.69. The zero-order chi connectivity index (χ0) is 29.3. The van der Waals surface area contributed by atoms with E-state index in [1.54, 1.807) is 11.0 Å². The SMILES string of the molecule is [CH2+]CCN(CCC)C(=O)CC(N)C(=O)NC(Cc1ccc(C(F)(F)F)cc1)C(=O)Nc1cnc2ccccc2c1. The predicted molar refractivity (Wildman–Crippen MR) is 147 cm³/mol. The van der Waals surface area contributed by atoms with E-state index in [9.17, 15) is 27.6 Å². The van der Waals surface area contributed by atoms with Crippen molar-refractivity contribution in [2.45, 2.75) is 50.9 Å². The van der Waals surface area contributed by atoms with Crippen LogP contribution < -0.4 is 16.4 Å². The lowest BCUT2D eigenvalue weighted by Crippen LogP contribution is -2.52. The molecule has 3 amide bonds. The van der Waals surface area contributed by atoms with Crippen LogP contribution in [-0.4, -0.2) is 52.8 Å². The van der Waals surface area contributed by atoms with Crippen molar-refractivity contribution >= 4 is 34.3 Å². The first-order valence-electron chi connectivity index (χ1n) is 13.0. The minimum atomic E-state index is -4.51. The van der Waals surface area contributed by atoms with Gasteiger partial charge in [-0.2, -0.15) is 13.2 Å². The molecule has 0 spiro atoms. The molecule has 8 nitrogen and oxygen atoms in total. The van der Waals surface area contributed by atoms with Crippen LogP contribution in [0.4, 0.5) is 18.9 Å². The van der Waals surface area contributed by atoms with E-state index in [4.69, 9.17) is 5.73 Å². The van der Waals surface area contributed by atoms with E-state index < -0.39 is 35.6 Å². The van der Waals surface area contributed by atoms with Crippen molar-refractivity contribution < 1.29 is 27.6 Å². The largest absolute Gasteiger partial charge is 0.416 e. The lowest BCUT2D eigenvalue weighted by molar-refractivity contribution is -0.137. The molecule has 3 rings (SSSR count). The molecule has 3 aromatic rings. The number of alkyl halides is 3. The zero-order valence-electron chi connectivity index (χ0n) is 22.2. The smallest absolute Gasteiger partial charge is 0.343 e. The fourth-order valence-corrected chi connectivity index (χ4v) is 4.15. The molecule has 2 atom stereocenters. The average molecular weight is 557 g/mol. The molecule has 0 bridgehead atoms. The number of nitrogens with zero attached hydrogens (tertiary/aromatic N) is 2. The molecular formula is C29H33F3N5O3+. The molecule has 0 aliphatic heterocycles. The lowest BCUT2D eigenvalue weighted by Gasteiger charge is -2.24. The summed E-state index contributed by atoms with van der Waals surface area (Å²) >= 11 is 0. The highest BCUT2D eigenvalue weighted by Crippen LogP contribution is 2.29. The second-order valence-corrected chi connectivity index (χ2v) is 9.41. The Morgan fingerprint density at radius 1 is 1.05 bits per heavy atom. The number of benzene rings is 2. The monoisotopic (exact) mass is 556 g/mol. The summed E-state index contributed by atoms with van der Waals surface area (Å²) in [4.78, 5) is 44.8. The number of aromatic nitrogens is 1. The van der Waals surface area contributed by atoms with Gasteiger partial charge in [0.2, 0.25) is 17.7 Å². The molecule has 40 heavy (non-hydrogen) atoms. The topological polar surface area (TPSA) is 117 Å². The van der Waals surface area contributed by atoms with Gasteiger partial charge < -0.3 is 21.3 Å². The van der Waals surface area contributed by atoms with Gasteiger partial charge in [-0.05, 0) is 36.2 Å². The highest BCUT2D eigenvalue weighted by molar-refractivity contribution is 5.99. The minimum Gasteiger partial charge on any atom is -0.343 e. The van der Waals surface area contributed by atoms with Crippen molar-refractivity contribution in [2.75, 3.05) is 18.4 Å². The molecule has 2 unspecified atom stereocenters. The summed E-state index contributed by atoms with van der Waals surface area (Å²) in [5.74, 6) is -1.66. The van der Waals surface area contributed by atoms with E-state index in [1.165, 1.54) is 18.3 Å². The first-order chi connectivity index (χ1) is 19.0. The molecule has 4 N–H and O–H groups in total. The highest BCUT2D eigenvalue weighted by Gasteiger charge is 2.31. The molecule has 0 aliphatic rings. The first kappa shape index (κ1) is 30.4. The van der Waals surface area contributed by atoms with Crippen molar-refractivity contribution in [1.29, 1.82) is 0 Å². The van der Waals surface area contributed by atoms with Gasteiger partial charge in [-0.25, -0.2) is 0 Å². The third kappa shape index (κ3) is 8.44. The number of rotatable bonds is 12. The number of amides is 3. The minimum absolute atomic E-state index is 0.110. The number of nitrogens with two attached hydrogens (primary N) is 1. The Bertz CT molecular complexity index is 1310. The summed E-state index contributed by atoms with van der Waals surface area (Å²) in [6.45, 7) is 6.61. The van der Waals surface area contributed by atoms with Gasteiger partial charge in [-0.3, -0.25) is 19.4 Å². The Labute approximate surface area is 231 Å². The van der Waals surface area contributed by atoms with Crippen LogP contribution >= 0.6 is 0 Å². The van der Waals surface area contributed by atoms with Crippen LogP contribution in [0.25, 0.3) is 10.9 Å². The number of hydrogen-bond acceptors (Lipinski definition) is 5. The van der Waals surface area contributed by atoms with Gasteiger partial charge in [0, 0.05) is 18.4 Å². The maximum atomic E-state index is 13.3. The number of hydrogen-bond donors (Lipinski definition) is 3. The van der Waals surface area contributed by atoms with Gasteiger partial charge in [0.1, 0.15) is 12.5 Å². The van der Waals surface area contributed by atoms with Crippen LogP contribution in [0.1, 0.15) is 37.3 Å². The standard InChI is InChI=1S/C29H32F3N5O3/c1-3-13-37(14-4-2)26(38)17-23(33)27(39)36-25(15-19-9-11-21(12-10-19)29(30,31)32)28(40)35-22-16-20-7-5-6-8-24(20)34-18-22/h5-12,16,18,23,25H,1,3-4,13-15,17,33H2,2H3,(H-,35,36,39,40)/p+1. The number of fused-ring (bicyclic) bond motifs is 1. The normalized spacial score (nSPS) is 12.9. The summed E-state index contributed by atoms with van der Waals surface area (Å²) in [5, 5.41) is 6.06. The zero-order valence-corrected chi connectivity index (χ0v) is 22.2. The van der Waals surface area contributed by atoms with E-state index in [-0.39, 0.29) is 18.7 Å². The summed E-state index contributed by atoms with van der Waals surface area (Å²) in [6, 6.07) is 10.9. The van der Waals surface area contributed by atoms with Crippen LogP contribution in [0.15, 0.2) is 60.8 Å². The van der Waals surface area contributed by atoms with Crippen molar-refractivity contribution in [3.05, 3.63) is 78.8 Å². The molecule has 0 saturated heterocycles. The summed E-state index contributed by atoms with van der Waals surface area (Å²) in [6.07, 6.45) is -2.19. The molecule has 212 valence electrons. The Hall–Kier alpha value is -4.12. The first-order valence-corrected chi connectivity index (χ1v) is 13.0. The Morgan fingerprint density at radius 3 is 2.40 bits per heavy atom. The van der Waals surface area contributed by atoms with Gasteiger partial charge in [0.25, 0.3) is 0 Å². The number of nitrogens with one attached hydrogen (secondary N) is 2. The van der Waals surface area contributed by atoms with Crippen LogP contribution in [-0.2, 0) is 27.0 Å². The number of anilines is 1. The molecule has 0 aliphatic carbocycles. The fraction of sp³-hybridized carbons (Fsp3) is 0.345. The Morgan fingerprint density at radius 2 is 1.75 bits per heavy atom. The Kier molecular flexibility index (Phi) is 10.5. The molecule has 1 heterocycles. The van der Waals surface area contributed by atoms with Crippen molar-refractivity contribution in [3.63, 3.8) is 0 Å². The average Bonchev–Trinajstić information content (AvgIpc) is 2.92. The fourth-order valence-electron chi connectivity index (χ4n) is 4.15. The van der Waals surface area contributed by atoms with E-state index in [2.05, 4.69) is 22.5 Å². The number of halogens is 3. The third-order valence-electron chi connectivity index (χ3n) is 6.22. The molecule has 0 saturated carbocycles. The van der Waals surface area contributed by atoms with Gasteiger partial charge in [0.05, 0.1) is 48.9 Å². The second-order valence-electron chi connectivity index (χ2n) is 9.41. The molecule has 0 fully saturated rings. The highest BCUT2D eigenvalue weighted by atomic mass is 19.4. The molecule has 11 heteroatoms. The number of pyridine rings is 1. The van der Waals surface area contributed by atoms with Gasteiger partial charge >= 0.3 is 6.18 Å². The van der Waals surface area contributed by atoms with E-state index in [0.29, 0.717) is 30.8 Å². The number of carbonyl (C=O) groups is 3. The second kappa shape index (κ2) is 13.8. The molecular weight excluding hydrogens is 523 g/mol. The molecule has 2 aromatic carbocycles. The quantitative estimate of drug-likeness (QED) is 0.291. The maximum absolute atomic E-state index is 13.3. The summed E-state index contributed by atoms with van der Waals surface area (Å²) < 4.78 is 39.0. The van der Waals surface area contributed by atoms with E-state index >= 15 is 0 Å². The predicted octanol–water partition coefficient (Wildman–Crippen LogP) is 4.10. The third-order valence-corrected chi connectivity index (χ3v) is 6.22. The van der Waals surface area contributed by atoms with E-state index in [1.807, 2.05) is 31.2 Å². The van der Waals surface area contributed by atoms with Crippen LogP contribution in [0, 0.1) is 6.92 Å². The van der Waals surface area contributed by atoms with Gasteiger partial charge in [0.15, 0.2) is 0 Å². The van der Waals surface area contributed by atoms with E-state index in [0.717, 1.165) is 29.5 Å². The van der Waals surface area contributed by atoms with Crippen molar-refractivity contribution in [2.24, 2.45) is 5.73 Å².